The number of carbonyl (C=O) groups is 1. The first-order chi connectivity index (χ1) is 9.25. The molecule has 0 aliphatic carbocycles. The third-order valence-electron chi connectivity index (χ3n) is 2.60. The van der Waals surface area contributed by atoms with E-state index in [0.717, 1.165) is 16.4 Å². The number of thioether (sulfide) groups is 2. The Morgan fingerprint density at radius 3 is 2.37 bits per heavy atom. The van der Waals surface area contributed by atoms with Crippen LogP contribution in [0.3, 0.4) is 0 Å². The van der Waals surface area contributed by atoms with Crippen molar-refractivity contribution in [2.45, 2.75) is 23.3 Å². The van der Waals surface area contributed by atoms with Gasteiger partial charge >= 0.3 is 0 Å². The van der Waals surface area contributed by atoms with E-state index in [1.165, 1.54) is 22.9 Å². The van der Waals surface area contributed by atoms with Gasteiger partial charge in [0.05, 0.1) is 0 Å². The maximum absolute atomic E-state index is 11.2. The molecule has 0 saturated heterocycles. The fourth-order valence-corrected chi connectivity index (χ4v) is 3.55. The summed E-state index contributed by atoms with van der Waals surface area (Å²) in [6, 6.07) is 18.6. The van der Waals surface area contributed by atoms with Crippen molar-refractivity contribution >= 4 is 28.6 Å². The lowest BCUT2D eigenvalue weighted by Crippen LogP contribution is -1.89. The van der Waals surface area contributed by atoms with Crippen LogP contribution in [0.25, 0.3) is 0 Å². The van der Waals surface area contributed by atoms with Crippen LogP contribution in [-0.4, -0.2) is 5.12 Å². The molecule has 0 bridgehead atoms. The van der Waals surface area contributed by atoms with E-state index in [1.54, 1.807) is 6.92 Å². The second-order valence-electron chi connectivity index (χ2n) is 4.18. The van der Waals surface area contributed by atoms with Crippen molar-refractivity contribution < 1.29 is 4.79 Å². The summed E-state index contributed by atoms with van der Waals surface area (Å²) in [7, 11) is 0. The van der Waals surface area contributed by atoms with E-state index < -0.39 is 0 Å². The summed E-state index contributed by atoms with van der Waals surface area (Å²) in [6.07, 6.45) is 0. The molecule has 2 aromatic rings. The molecule has 19 heavy (non-hydrogen) atoms. The summed E-state index contributed by atoms with van der Waals surface area (Å²) >= 11 is 3.20. The molecule has 0 spiro atoms. The summed E-state index contributed by atoms with van der Waals surface area (Å²) in [4.78, 5) is 12.3. The topological polar surface area (TPSA) is 17.1 Å². The molecule has 1 nitrogen and oxygen atoms in total. The van der Waals surface area contributed by atoms with E-state index in [9.17, 15) is 4.79 Å². The van der Waals surface area contributed by atoms with Crippen molar-refractivity contribution in [3.63, 3.8) is 0 Å². The lowest BCUT2D eigenvalue weighted by atomic mass is 10.2. The largest absolute Gasteiger partial charge is 0.287 e. The van der Waals surface area contributed by atoms with Crippen LogP contribution in [0, 0.1) is 0 Å². The second kappa shape index (κ2) is 7.41. The van der Waals surface area contributed by atoms with Crippen LogP contribution in [0.1, 0.15) is 18.1 Å². The summed E-state index contributed by atoms with van der Waals surface area (Å²) in [5.41, 5.74) is 2.58. The Hall–Kier alpha value is -1.19. The molecule has 0 aliphatic rings. The van der Waals surface area contributed by atoms with Gasteiger partial charge in [-0.15, -0.1) is 0 Å². The Morgan fingerprint density at radius 2 is 1.63 bits per heavy atom. The first-order valence-corrected chi connectivity index (χ1v) is 8.11. The predicted octanol–water partition coefficient (Wildman–Crippen LogP) is 4.76. The third-order valence-corrected chi connectivity index (χ3v) is 4.55. The van der Waals surface area contributed by atoms with Crippen LogP contribution in [0.2, 0.25) is 0 Å². The minimum Gasteiger partial charge on any atom is -0.287 e. The zero-order valence-electron chi connectivity index (χ0n) is 10.8. The van der Waals surface area contributed by atoms with Gasteiger partial charge in [0.15, 0.2) is 5.12 Å². The summed E-state index contributed by atoms with van der Waals surface area (Å²) in [6.45, 7) is 1.61. The molecule has 2 aromatic carbocycles. The highest BCUT2D eigenvalue weighted by Crippen LogP contribution is 2.27. The maximum Gasteiger partial charge on any atom is 0.190 e. The van der Waals surface area contributed by atoms with Gasteiger partial charge in [0.2, 0.25) is 0 Å². The monoisotopic (exact) mass is 288 g/mol. The minimum atomic E-state index is 0.139. The number of hydrogen-bond acceptors (Lipinski definition) is 3. The molecular formula is C16H16OS2. The molecule has 0 unspecified atom stereocenters. The fraction of sp³-hybridized carbons (Fsp3) is 0.188. The van der Waals surface area contributed by atoms with Crippen LogP contribution in [0.4, 0.5) is 0 Å². The number of benzene rings is 2. The molecule has 0 aromatic heterocycles. The Balaban J connectivity index is 1.94. The third kappa shape index (κ3) is 4.77. The second-order valence-corrected chi connectivity index (χ2v) is 6.38. The van der Waals surface area contributed by atoms with E-state index in [0.29, 0.717) is 0 Å². The zero-order valence-corrected chi connectivity index (χ0v) is 12.5. The van der Waals surface area contributed by atoms with Crippen molar-refractivity contribution in [2.24, 2.45) is 0 Å². The van der Waals surface area contributed by atoms with Gasteiger partial charge in [0, 0.05) is 23.3 Å². The highest BCUT2D eigenvalue weighted by atomic mass is 32.2. The number of carbonyl (C=O) groups excluding carboxylic acids is 1. The quantitative estimate of drug-likeness (QED) is 0.738. The lowest BCUT2D eigenvalue weighted by Gasteiger charge is -2.07. The first kappa shape index (κ1) is 14.2. The summed E-state index contributed by atoms with van der Waals surface area (Å²) in [5, 5.41) is 0.139. The van der Waals surface area contributed by atoms with Gasteiger partial charge in [-0.05, 0) is 17.2 Å². The molecule has 0 atom stereocenters. The molecule has 0 saturated carbocycles. The fourth-order valence-electron chi connectivity index (χ4n) is 1.73. The molecule has 2 rings (SSSR count). The van der Waals surface area contributed by atoms with Gasteiger partial charge in [-0.2, -0.15) is 11.8 Å². The first-order valence-electron chi connectivity index (χ1n) is 6.13. The van der Waals surface area contributed by atoms with Crippen LogP contribution in [-0.2, 0) is 16.3 Å². The Bertz CT molecular complexity index is 537. The summed E-state index contributed by atoms with van der Waals surface area (Å²) < 4.78 is 0. The van der Waals surface area contributed by atoms with Gasteiger partial charge in [0.1, 0.15) is 0 Å². The van der Waals surface area contributed by atoms with Gasteiger partial charge in [-0.3, -0.25) is 4.79 Å². The SMILES string of the molecule is CC(=O)Sc1ccccc1CSCc1ccccc1. The molecule has 98 valence electrons. The molecule has 0 amide bonds. The molecule has 0 heterocycles. The van der Waals surface area contributed by atoms with Crippen molar-refractivity contribution in [1.82, 2.24) is 0 Å². The van der Waals surface area contributed by atoms with Gasteiger partial charge in [-0.25, -0.2) is 0 Å². The van der Waals surface area contributed by atoms with E-state index >= 15 is 0 Å². The molecule has 0 N–H and O–H groups in total. The van der Waals surface area contributed by atoms with Crippen LogP contribution < -0.4 is 0 Å². The molecule has 0 fully saturated rings. The highest BCUT2D eigenvalue weighted by Gasteiger charge is 2.05. The van der Waals surface area contributed by atoms with Crippen LogP contribution >= 0.6 is 23.5 Å². The average molecular weight is 288 g/mol. The van der Waals surface area contributed by atoms with Crippen LogP contribution in [0.15, 0.2) is 59.5 Å². The number of hydrogen-bond donors (Lipinski definition) is 0. The van der Waals surface area contributed by atoms with Crippen molar-refractivity contribution in [3.8, 4) is 0 Å². The van der Waals surface area contributed by atoms with E-state index in [-0.39, 0.29) is 5.12 Å². The Labute approximate surface area is 122 Å². The van der Waals surface area contributed by atoms with Gasteiger partial charge in [-0.1, -0.05) is 60.3 Å². The van der Waals surface area contributed by atoms with Crippen LogP contribution in [0.5, 0.6) is 0 Å². The molecular weight excluding hydrogens is 272 g/mol. The van der Waals surface area contributed by atoms with Gasteiger partial charge < -0.3 is 0 Å². The van der Waals surface area contributed by atoms with Crippen molar-refractivity contribution in [2.75, 3.05) is 0 Å². The Morgan fingerprint density at radius 1 is 0.947 bits per heavy atom. The smallest absolute Gasteiger partial charge is 0.190 e. The number of rotatable bonds is 5. The standard InChI is InChI=1S/C16H16OS2/c1-13(17)19-16-10-6-5-9-15(16)12-18-11-14-7-3-2-4-8-14/h2-10H,11-12H2,1H3. The predicted molar refractivity (Wildman–Crippen MR) is 84.4 cm³/mol. The van der Waals surface area contributed by atoms with Gasteiger partial charge in [0.25, 0.3) is 0 Å². The Kier molecular flexibility index (Phi) is 5.55. The molecule has 0 radical (unpaired) electrons. The highest BCUT2D eigenvalue weighted by molar-refractivity contribution is 8.13. The average Bonchev–Trinajstić information content (AvgIpc) is 2.41. The van der Waals surface area contributed by atoms with E-state index in [1.807, 2.05) is 36.0 Å². The minimum absolute atomic E-state index is 0.139. The summed E-state index contributed by atoms with van der Waals surface area (Å²) in [5.74, 6) is 1.94. The van der Waals surface area contributed by atoms with E-state index in [4.69, 9.17) is 0 Å². The van der Waals surface area contributed by atoms with Crippen molar-refractivity contribution in [1.29, 1.82) is 0 Å². The maximum atomic E-state index is 11.2. The van der Waals surface area contributed by atoms with E-state index in [2.05, 4.69) is 30.3 Å². The zero-order chi connectivity index (χ0) is 13.5. The normalized spacial score (nSPS) is 10.4. The lowest BCUT2D eigenvalue weighted by molar-refractivity contribution is -0.109. The molecule has 3 heteroatoms. The molecule has 0 aliphatic heterocycles. The van der Waals surface area contributed by atoms with Crippen molar-refractivity contribution in [3.05, 3.63) is 65.7 Å².